The molecule has 0 unspecified atom stereocenters. The molecular formula is C10H12BrN3O2S2. The molecule has 0 radical (unpaired) electrons. The first-order chi connectivity index (χ1) is 8.31. The molecule has 0 bridgehead atoms. The number of halogens is 1. The molecule has 2 aromatic rings. The highest BCUT2D eigenvalue weighted by atomic mass is 79.9. The second-order valence-electron chi connectivity index (χ2n) is 3.95. The van der Waals surface area contributed by atoms with Crippen molar-refractivity contribution in [1.29, 1.82) is 0 Å². The van der Waals surface area contributed by atoms with Gasteiger partial charge in [0.2, 0.25) is 0 Å². The first-order valence-corrected chi connectivity index (χ1v) is 8.21. The second-order valence-corrected chi connectivity index (χ2v) is 8.23. The zero-order valence-corrected chi connectivity index (χ0v) is 13.3. The zero-order valence-electron chi connectivity index (χ0n) is 10.0. The van der Waals surface area contributed by atoms with E-state index < -0.39 is 10.0 Å². The van der Waals surface area contributed by atoms with Gasteiger partial charge in [0, 0.05) is 11.3 Å². The van der Waals surface area contributed by atoms with Crippen LogP contribution in [0.5, 0.6) is 0 Å². The van der Waals surface area contributed by atoms with Gasteiger partial charge in [-0.25, -0.2) is 8.42 Å². The van der Waals surface area contributed by atoms with E-state index in [4.69, 9.17) is 0 Å². The van der Waals surface area contributed by atoms with Gasteiger partial charge in [-0.05, 0) is 48.3 Å². The third-order valence-electron chi connectivity index (χ3n) is 2.58. The molecule has 0 saturated carbocycles. The van der Waals surface area contributed by atoms with Crippen molar-refractivity contribution in [3.63, 3.8) is 0 Å². The summed E-state index contributed by atoms with van der Waals surface area (Å²) in [7, 11) is -3.57. The maximum Gasteiger partial charge on any atom is 0.272 e. The van der Waals surface area contributed by atoms with Crippen LogP contribution in [0, 0.1) is 20.8 Å². The monoisotopic (exact) mass is 349 g/mol. The number of sulfonamides is 1. The van der Waals surface area contributed by atoms with Crippen molar-refractivity contribution < 1.29 is 8.42 Å². The Morgan fingerprint density at radius 1 is 1.39 bits per heavy atom. The first kappa shape index (κ1) is 13.6. The lowest BCUT2D eigenvalue weighted by Gasteiger charge is -2.03. The fraction of sp³-hybridized carbons (Fsp3) is 0.300. The largest absolute Gasteiger partial charge is 0.280 e. The molecule has 98 valence electrons. The third-order valence-corrected chi connectivity index (χ3v) is 6.53. The van der Waals surface area contributed by atoms with Gasteiger partial charge in [0.05, 0.1) is 3.79 Å². The standard InChI is InChI=1S/C10H12BrN3O2S2/c1-5-4-8(17-9(5)11)18(15,16)14-10-6(2)7(3)12-13-10/h4H,1-3H3,(H2,12,13,14). The lowest BCUT2D eigenvalue weighted by Crippen LogP contribution is -2.12. The highest BCUT2D eigenvalue weighted by Gasteiger charge is 2.20. The van der Waals surface area contributed by atoms with E-state index in [1.54, 1.807) is 6.07 Å². The molecule has 8 heteroatoms. The van der Waals surface area contributed by atoms with Crippen LogP contribution in [0.15, 0.2) is 14.1 Å². The van der Waals surface area contributed by atoms with Crippen molar-refractivity contribution in [3.8, 4) is 0 Å². The number of hydrogen-bond acceptors (Lipinski definition) is 4. The molecule has 2 aromatic heterocycles. The minimum absolute atomic E-state index is 0.270. The number of thiophene rings is 1. The van der Waals surface area contributed by atoms with Crippen LogP contribution in [0.4, 0.5) is 5.82 Å². The Bertz CT molecular complexity index is 669. The van der Waals surface area contributed by atoms with Crippen LogP contribution in [0.1, 0.15) is 16.8 Å². The summed E-state index contributed by atoms with van der Waals surface area (Å²) >= 11 is 4.50. The lowest BCUT2D eigenvalue weighted by atomic mass is 10.3. The van der Waals surface area contributed by atoms with Gasteiger partial charge in [0.15, 0.2) is 5.82 Å². The Labute approximate surface area is 118 Å². The third kappa shape index (κ3) is 2.45. The average Bonchev–Trinajstić information content (AvgIpc) is 2.77. The Hall–Kier alpha value is -0.860. The normalized spacial score (nSPS) is 11.8. The molecule has 2 heterocycles. The molecule has 5 nitrogen and oxygen atoms in total. The zero-order chi connectivity index (χ0) is 13.5. The maximum atomic E-state index is 12.2. The Morgan fingerprint density at radius 2 is 2.06 bits per heavy atom. The lowest BCUT2D eigenvalue weighted by molar-refractivity contribution is 0.603. The van der Waals surface area contributed by atoms with Gasteiger partial charge in [0.1, 0.15) is 4.21 Å². The number of aromatic nitrogens is 2. The summed E-state index contributed by atoms with van der Waals surface area (Å²) in [6.45, 7) is 5.50. The highest BCUT2D eigenvalue weighted by Crippen LogP contribution is 2.31. The summed E-state index contributed by atoms with van der Waals surface area (Å²) in [6, 6.07) is 1.63. The van der Waals surface area contributed by atoms with Crippen LogP contribution in [-0.4, -0.2) is 18.6 Å². The molecule has 0 spiro atoms. The predicted molar refractivity (Wildman–Crippen MR) is 75.6 cm³/mol. The topological polar surface area (TPSA) is 74.8 Å². The summed E-state index contributed by atoms with van der Waals surface area (Å²) in [6.07, 6.45) is 0. The minimum atomic E-state index is -3.57. The number of nitrogens with zero attached hydrogens (tertiary/aromatic N) is 1. The fourth-order valence-corrected chi connectivity index (χ4v) is 4.62. The van der Waals surface area contributed by atoms with Gasteiger partial charge in [-0.3, -0.25) is 9.82 Å². The van der Waals surface area contributed by atoms with E-state index in [0.29, 0.717) is 5.82 Å². The van der Waals surface area contributed by atoms with Gasteiger partial charge < -0.3 is 0 Å². The van der Waals surface area contributed by atoms with Crippen LogP contribution in [-0.2, 0) is 10.0 Å². The minimum Gasteiger partial charge on any atom is -0.280 e. The number of H-pyrrole nitrogens is 1. The summed E-state index contributed by atoms with van der Waals surface area (Å²) in [5, 5.41) is 6.68. The van der Waals surface area contributed by atoms with Crippen LogP contribution >= 0.6 is 27.3 Å². The number of hydrogen-bond donors (Lipinski definition) is 2. The van der Waals surface area contributed by atoms with E-state index in [-0.39, 0.29) is 4.21 Å². The molecule has 0 aliphatic carbocycles. The summed E-state index contributed by atoms with van der Waals surface area (Å²) < 4.78 is 27.9. The second kappa shape index (κ2) is 4.67. The van der Waals surface area contributed by atoms with Crippen molar-refractivity contribution in [3.05, 3.63) is 26.7 Å². The van der Waals surface area contributed by atoms with Crippen molar-refractivity contribution in [2.75, 3.05) is 4.72 Å². The fourth-order valence-electron chi connectivity index (χ4n) is 1.33. The first-order valence-electron chi connectivity index (χ1n) is 5.11. The van der Waals surface area contributed by atoms with Gasteiger partial charge >= 0.3 is 0 Å². The van der Waals surface area contributed by atoms with Crippen molar-refractivity contribution in [2.24, 2.45) is 0 Å². The van der Waals surface area contributed by atoms with Crippen LogP contribution in [0.3, 0.4) is 0 Å². The van der Waals surface area contributed by atoms with Gasteiger partial charge in [-0.2, -0.15) is 5.10 Å². The molecule has 0 amide bonds. The maximum absolute atomic E-state index is 12.2. The Morgan fingerprint density at radius 3 is 2.50 bits per heavy atom. The Kier molecular flexibility index (Phi) is 3.52. The molecule has 0 saturated heterocycles. The van der Waals surface area contributed by atoms with Crippen LogP contribution in [0.2, 0.25) is 0 Å². The molecule has 0 aliphatic heterocycles. The molecule has 0 fully saturated rings. The van der Waals surface area contributed by atoms with E-state index in [2.05, 4.69) is 30.8 Å². The van der Waals surface area contributed by atoms with E-state index in [9.17, 15) is 8.42 Å². The van der Waals surface area contributed by atoms with Crippen molar-refractivity contribution in [2.45, 2.75) is 25.0 Å². The smallest absolute Gasteiger partial charge is 0.272 e. The van der Waals surface area contributed by atoms with E-state index in [1.807, 2.05) is 20.8 Å². The van der Waals surface area contributed by atoms with Gasteiger partial charge in [0.25, 0.3) is 10.0 Å². The molecule has 0 atom stereocenters. The quantitative estimate of drug-likeness (QED) is 0.894. The summed E-state index contributed by atoms with van der Waals surface area (Å²) in [4.78, 5) is 0. The Balaban J connectivity index is 2.36. The van der Waals surface area contributed by atoms with E-state index >= 15 is 0 Å². The number of anilines is 1. The molecule has 0 aromatic carbocycles. The molecule has 0 aliphatic rings. The number of rotatable bonds is 3. The van der Waals surface area contributed by atoms with E-state index in [0.717, 1.165) is 20.6 Å². The molecule has 18 heavy (non-hydrogen) atoms. The highest BCUT2D eigenvalue weighted by molar-refractivity contribution is 9.11. The molecular weight excluding hydrogens is 338 g/mol. The summed E-state index contributed by atoms with van der Waals surface area (Å²) in [5.74, 6) is 0.342. The van der Waals surface area contributed by atoms with E-state index in [1.165, 1.54) is 11.3 Å². The number of aryl methyl sites for hydroxylation is 2. The van der Waals surface area contributed by atoms with Gasteiger partial charge in [-0.15, -0.1) is 11.3 Å². The average molecular weight is 350 g/mol. The molecule has 2 rings (SSSR count). The van der Waals surface area contributed by atoms with Crippen molar-refractivity contribution >= 4 is 43.1 Å². The van der Waals surface area contributed by atoms with Crippen LogP contribution in [0.25, 0.3) is 0 Å². The number of aromatic amines is 1. The van der Waals surface area contributed by atoms with Crippen molar-refractivity contribution in [1.82, 2.24) is 10.2 Å². The molecule has 2 N–H and O–H groups in total. The SMILES string of the molecule is Cc1cc(S(=O)(=O)Nc2n[nH]c(C)c2C)sc1Br. The summed E-state index contributed by atoms with van der Waals surface area (Å²) in [5.41, 5.74) is 2.54. The van der Waals surface area contributed by atoms with Crippen LogP contribution < -0.4 is 4.72 Å². The number of nitrogens with one attached hydrogen (secondary N) is 2. The van der Waals surface area contributed by atoms with Gasteiger partial charge in [-0.1, -0.05) is 0 Å². The predicted octanol–water partition coefficient (Wildman–Crippen LogP) is 2.96.